The summed E-state index contributed by atoms with van der Waals surface area (Å²) in [5, 5.41) is 2.36. The molecule has 1 aliphatic heterocycles. The lowest BCUT2D eigenvalue weighted by atomic mass is 10.2. The first-order chi connectivity index (χ1) is 9.78. The van der Waals surface area contributed by atoms with Gasteiger partial charge in [-0.3, -0.25) is 0 Å². The average Bonchev–Trinajstić information content (AvgIpc) is 2.27. The van der Waals surface area contributed by atoms with Crippen molar-refractivity contribution in [1.82, 2.24) is 4.90 Å². The number of urea groups is 1. The highest BCUT2D eigenvalue weighted by atomic mass is 32.2. The zero-order valence-electron chi connectivity index (χ0n) is 12.7. The van der Waals surface area contributed by atoms with Crippen LogP contribution in [0.4, 0.5) is 10.5 Å². The molecule has 0 aromatic heterocycles. The minimum absolute atomic E-state index is 0.116. The molecule has 0 spiro atoms. The third kappa shape index (κ3) is 3.97. The van der Waals surface area contributed by atoms with E-state index >= 15 is 0 Å². The Kier molecular flexibility index (Phi) is 4.56. The second-order valence-corrected chi connectivity index (χ2v) is 8.37. The van der Waals surface area contributed by atoms with Crippen LogP contribution in [0.5, 0.6) is 0 Å². The van der Waals surface area contributed by atoms with Gasteiger partial charge in [-0.25, -0.2) is 13.2 Å². The maximum absolute atomic E-state index is 12.0. The van der Waals surface area contributed by atoms with E-state index in [1.165, 1.54) is 4.90 Å². The quantitative estimate of drug-likeness (QED) is 0.928. The summed E-state index contributed by atoms with van der Waals surface area (Å²) in [5.41, 5.74) is 1.84. The van der Waals surface area contributed by atoms with Gasteiger partial charge in [0.25, 0.3) is 0 Å². The van der Waals surface area contributed by atoms with Gasteiger partial charge < -0.3 is 10.2 Å². The molecule has 21 heavy (non-hydrogen) atoms. The van der Waals surface area contributed by atoms with Crippen molar-refractivity contribution < 1.29 is 13.2 Å². The highest BCUT2D eigenvalue weighted by molar-refractivity contribution is 7.92. The fourth-order valence-electron chi connectivity index (χ4n) is 2.27. The summed E-state index contributed by atoms with van der Waals surface area (Å²) in [7, 11) is -3.09. The molecule has 1 N–H and O–H groups in total. The molecular weight excluding hydrogens is 288 g/mol. The van der Waals surface area contributed by atoms with E-state index in [0.29, 0.717) is 0 Å². The molecule has 116 valence electrons. The van der Waals surface area contributed by atoms with Crippen molar-refractivity contribution in [2.75, 3.05) is 24.2 Å². The molecule has 1 saturated heterocycles. The van der Waals surface area contributed by atoms with E-state index in [2.05, 4.69) is 5.32 Å². The van der Waals surface area contributed by atoms with Crippen molar-refractivity contribution in [3.8, 4) is 0 Å². The van der Waals surface area contributed by atoms with Gasteiger partial charge in [0.1, 0.15) is 0 Å². The maximum atomic E-state index is 12.0. The zero-order valence-corrected chi connectivity index (χ0v) is 13.5. The number of carbonyl (C=O) groups excluding carboxylic acids is 1. The number of amides is 2. The van der Waals surface area contributed by atoms with E-state index in [1.54, 1.807) is 0 Å². The number of rotatable bonds is 4. The normalized spacial score (nSPS) is 15.9. The largest absolute Gasteiger partial charge is 0.322 e. The number of hydrogen-bond acceptors (Lipinski definition) is 3. The SMILES string of the molecule is Cc1ccc(NC(=O)N2CC(S(=O)(=O)CC(C)C)C2)cc1. The molecule has 2 rings (SSSR count). The molecule has 1 aromatic carbocycles. The number of carbonyl (C=O) groups is 1. The molecule has 5 nitrogen and oxygen atoms in total. The van der Waals surface area contributed by atoms with Crippen LogP contribution < -0.4 is 5.32 Å². The van der Waals surface area contributed by atoms with Gasteiger partial charge in [0.2, 0.25) is 0 Å². The molecular formula is C15H22N2O3S. The summed E-state index contributed by atoms with van der Waals surface area (Å²) >= 11 is 0. The highest BCUT2D eigenvalue weighted by Gasteiger charge is 2.39. The smallest absolute Gasteiger partial charge is 0.321 e. The Balaban J connectivity index is 1.86. The molecule has 6 heteroatoms. The Bertz CT molecular complexity index is 602. The number of hydrogen-bond donors (Lipinski definition) is 1. The summed E-state index contributed by atoms with van der Waals surface area (Å²) in [6.07, 6.45) is 0. The van der Waals surface area contributed by atoms with E-state index in [4.69, 9.17) is 0 Å². The van der Waals surface area contributed by atoms with Crippen molar-refractivity contribution >= 4 is 21.6 Å². The molecule has 0 atom stereocenters. The molecule has 1 heterocycles. The van der Waals surface area contributed by atoms with E-state index < -0.39 is 15.1 Å². The minimum atomic E-state index is -3.09. The number of nitrogens with one attached hydrogen (secondary N) is 1. The molecule has 1 aromatic rings. The molecule has 0 saturated carbocycles. The molecule has 0 bridgehead atoms. The van der Waals surface area contributed by atoms with Crippen LogP contribution in [0.25, 0.3) is 0 Å². The van der Waals surface area contributed by atoms with Gasteiger partial charge in [0, 0.05) is 18.8 Å². The summed E-state index contributed by atoms with van der Waals surface area (Å²) in [6.45, 7) is 6.32. The molecule has 0 unspecified atom stereocenters. The number of nitrogens with zero attached hydrogens (tertiary/aromatic N) is 1. The van der Waals surface area contributed by atoms with Crippen LogP contribution in [0, 0.1) is 12.8 Å². The first-order valence-electron chi connectivity index (χ1n) is 7.12. The Morgan fingerprint density at radius 1 is 1.29 bits per heavy atom. The van der Waals surface area contributed by atoms with Crippen molar-refractivity contribution in [1.29, 1.82) is 0 Å². The first-order valence-corrected chi connectivity index (χ1v) is 8.83. The number of aryl methyl sites for hydroxylation is 1. The Labute approximate surface area is 126 Å². The van der Waals surface area contributed by atoms with Crippen LogP contribution in [0.15, 0.2) is 24.3 Å². The van der Waals surface area contributed by atoms with Gasteiger partial charge in [-0.15, -0.1) is 0 Å². The second kappa shape index (κ2) is 6.05. The number of sulfone groups is 1. The Morgan fingerprint density at radius 3 is 2.38 bits per heavy atom. The van der Waals surface area contributed by atoms with Crippen molar-refractivity contribution in [2.45, 2.75) is 26.0 Å². The fraction of sp³-hybridized carbons (Fsp3) is 0.533. The van der Waals surface area contributed by atoms with Gasteiger partial charge in [-0.2, -0.15) is 0 Å². The van der Waals surface area contributed by atoms with E-state index in [9.17, 15) is 13.2 Å². The standard InChI is InChI=1S/C15H22N2O3S/c1-11(2)10-21(19,20)14-8-17(9-14)15(18)16-13-6-4-12(3)5-7-13/h4-7,11,14H,8-10H2,1-3H3,(H,16,18). The van der Waals surface area contributed by atoms with Crippen LogP contribution in [0.1, 0.15) is 19.4 Å². The lowest BCUT2D eigenvalue weighted by molar-refractivity contribution is 0.182. The maximum Gasteiger partial charge on any atom is 0.321 e. The molecule has 1 fully saturated rings. The fourth-order valence-corrected chi connectivity index (χ4v) is 4.29. The molecule has 0 aliphatic carbocycles. The van der Waals surface area contributed by atoms with Gasteiger partial charge in [0.15, 0.2) is 9.84 Å². The van der Waals surface area contributed by atoms with Crippen LogP contribution in [-0.2, 0) is 9.84 Å². The number of benzene rings is 1. The lowest BCUT2D eigenvalue weighted by Crippen LogP contribution is -2.58. The Morgan fingerprint density at radius 2 is 1.86 bits per heavy atom. The zero-order chi connectivity index (χ0) is 15.6. The topological polar surface area (TPSA) is 66.5 Å². The van der Waals surface area contributed by atoms with Gasteiger partial charge in [-0.1, -0.05) is 31.5 Å². The summed E-state index contributed by atoms with van der Waals surface area (Å²) in [6, 6.07) is 7.26. The summed E-state index contributed by atoms with van der Waals surface area (Å²) in [4.78, 5) is 13.5. The monoisotopic (exact) mass is 310 g/mol. The highest BCUT2D eigenvalue weighted by Crippen LogP contribution is 2.20. The summed E-state index contributed by atoms with van der Waals surface area (Å²) < 4.78 is 24.1. The van der Waals surface area contributed by atoms with Crippen molar-refractivity contribution in [3.63, 3.8) is 0 Å². The van der Waals surface area contributed by atoms with Crippen LogP contribution in [0.2, 0.25) is 0 Å². The van der Waals surface area contributed by atoms with E-state index in [-0.39, 0.29) is 30.8 Å². The van der Waals surface area contributed by atoms with Crippen molar-refractivity contribution in [3.05, 3.63) is 29.8 Å². The van der Waals surface area contributed by atoms with E-state index in [0.717, 1.165) is 11.3 Å². The molecule has 1 aliphatic rings. The third-order valence-corrected chi connectivity index (χ3v) is 5.96. The predicted molar refractivity (Wildman–Crippen MR) is 84.2 cm³/mol. The first kappa shape index (κ1) is 15.8. The summed E-state index contributed by atoms with van der Waals surface area (Å²) in [5.74, 6) is 0.302. The van der Waals surface area contributed by atoms with Gasteiger partial charge >= 0.3 is 6.03 Å². The van der Waals surface area contributed by atoms with E-state index in [1.807, 2.05) is 45.0 Å². The number of likely N-dealkylation sites (tertiary alicyclic amines) is 1. The van der Waals surface area contributed by atoms with Gasteiger partial charge in [0.05, 0.1) is 11.0 Å². The lowest BCUT2D eigenvalue weighted by Gasteiger charge is -2.38. The van der Waals surface area contributed by atoms with Crippen LogP contribution in [0.3, 0.4) is 0 Å². The predicted octanol–water partition coefficient (Wildman–Crippen LogP) is 2.28. The number of anilines is 1. The second-order valence-electron chi connectivity index (χ2n) is 6.05. The molecule has 2 amide bonds. The van der Waals surface area contributed by atoms with Crippen LogP contribution in [-0.4, -0.2) is 43.4 Å². The van der Waals surface area contributed by atoms with Crippen molar-refractivity contribution in [2.24, 2.45) is 5.92 Å². The van der Waals surface area contributed by atoms with Crippen LogP contribution >= 0.6 is 0 Å². The third-order valence-electron chi connectivity index (χ3n) is 3.51. The Hall–Kier alpha value is -1.56. The average molecular weight is 310 g/mol. The molecule has 0 radical (unpaired) electrons. The minimum Gasteiger partial charge on any atom is -0.322 e. The van der Waals surface area contributed by atoms with Gasteiger partial charge in [-0.05, 0) is 25.0 Å².